The highest BCUT2D eigenvalue weighted by molar-refractivity contribution is 5.78. The molecule has 1 amide bonds. The lowest BCUT2D eigenvalue weighted by atomic mass is 9.90. The Labute approximate surface area is 73.1 Å². The van der Waals surface area contributed by atoms with E-state index in [0.717, 1.165) is 6.54 Å². The van der Waals surface area contributed by atoms with E-state index >= 15 is 0 Å². The van der Waals surface area contributed by atoms with Crippen molar-refractivity contribution < 1.29 is 4.79 Å². The van der Waals surface area contributed by atoms with Gasteiger partial charge in [-0.25, -0.2) is 0 Å². The summed E-state index contributed by atoms with van der Waals surface area (Å²) in [5.74, 6) is 0.194. The molecule has 1 saturated heterocycles. The van der Waals surface area contributed by atoms with Gasteiger partial charge in [-0.2, -0.15) is 0 Å². The second kappa shape index (κ2) is 3.05. The molecule has 0 unspecified atom stereocenters. The quantitative estimate of drug-likeness (QED) is 0.613. The molecule has 0 aromatic heterocycles. The van der Waals surface area contributed by atoms with E-state index in [9.17, 15) is 4.79 Å². The zero-order valence-corrected chi connectivity index (χ0v) is 7.55. The Morgan fingerprint density at radius 1 is 1.50 bits per heavy atom. The zero-order chi connectivity index (χ0) is 8.55. The molecule has 0 radical (unpaired) electrons. The highest BCUT2D eigenvalue weighted by Gasteiger charge is 2.32. The first-order chi connectivity index (χ1) is 5.77. The molecule has 3 nitrogen and oxygen atoms in total. The molecule has 0 aromatic carbocycles. The molecule has 0 spiro atoms. The van der Waals surface area contributed by atoms with Crippen LogP contribution in [-0.4, -0.2) is 36.0 Å². The number of piperazine rings is 1. The summed E-state index contributed by atoms with van der Waals surface area (Å²) in [7, 11) is 0. The minimum atomic E-state index is 0.194. The first-order valence-electron chi connectivity index (χ1n) is 4.80. The second-order valence-corrected chi connectivity index (χ2v) is 3.91. The lowest BCUT2D eigenvalue weighted by Crippen LogP contribution is -2.58. The Bertz CT molecular complexity index is 187. The summed E-state index contributed by atoms with van der Waals surface area (Å²) in [6.45, 7) is 3.64. The molecule has 1 aliphatic heterocycles. The molecule has 2 aliphatic rings. The zero-order valence-electron chi connectivity index (χ0n) is 7.55. The van der Waals surface area contributed by atoms with Crippen LogP contribution in [0.25, 0.3) is 0 Å². The normalized spacial score (nSPS) is 32.8. The summed E-state index contributed by atoms with van der Waals surface area (Å²) in [4.78, 5) is 13.5. The maximum Gasteiger partial charge on any atom is 0.234 e. The van der Waals surface area contributed by atoms with Gasteiger partial charge >= 0.3 is 0 Å². The van der Waals surface area contributed by atoms with Crippen LogP contribution in [0.5, 0.6) is 0 Å². The van der Waals surface area contributed by atoms with Gasteiger partial charge in [-0.15, -0.1) is 0 Å². The molecule has 68 valence electrons. The monoisotopic (exact) mass is 168 g/mol. The van der Waals surface area contributed by atoms with E-state index in [1.165, 1.54) is 19.3 Å². The van der Waals surface area contributed by atoms with Crippen molar-refractivity contribution in [3.05, 3.63) is 0 Å². The number of rotatable bonds is 1. The number of amides is 1. The van der Waals surface area contributed by atoms with E-state index in [1.807, 2.05) is 0 Å². The third kappa shape index (κ3) is 1.33. The van der Waals surface area contributed by atoms with Crippen LogP contribution in [0.4, 0.5) is 0 Å². The van der Waals surface area contributed by atoms with E-state index in [1.54, 1.807) is 0 Å². The van der Waals surface area contributed by atoms with Crippen LogP contribution in [0, 0.1) is 0 Å². The Morgan fingerprint density at radius 3 is 2.83 bits per heavy atom. The number of hydrogen-bond donors (Lipinski definition) is 1. The Hall–Kier alpha value is -0.570. The molecule has 1 atom stereocenters. The van der Waals surface area contributed by atoms with Crippen molar-refractivity contribution in [1.29, 1.82) is 0 Å². The van der Waals surface area contributed by atoms with Gasteiger partial charge in [-0.05, 0) is 19.8 Å². The summed E-state index contributed by atoms with van der Waals surface area (Å²) >= 11 is 0. The van der Waals surface area contributed by atoms with Gasteiger partial charge in [0.05, 0.1) is 6.54 Å². The summed E-state index contributed by atoms with van der Waals surface area (Å²) < 4.78 is 0. The fourth-order valence-corrected chi connectivity index (χ4v) is 1.96. The van der Waals surface area contributed by atoms with E-state index in [0.29, 0.717) is 18.6 Å². The predicted octanol–water partition coefficient (Wildman–Crippen LogP) is 0.359. The van der Waals surface area contributed by atoms with Crippen molar-refractivity contribution >= 4 is 5.91 Å². The number of nitrogens with zero attached hydrogens (tertiary/aromatic N) is 1. The van der Waals surface area contributed by atoms with Crippen LogP contribution < -0.4 is 5.32 Å². The van der Waals surface area contributed by atoms with Gasteiger partial charge < -0.3 is 5.32 Å². The van der Waals surface area contributed by atoms with Gasteiger partial charge in [-0.3, -0.25) is 9.69 Å². The lowest BCUT2D eigenvalue weighted by molar-refractivity contribution is -0.127. The smallest absolute Gasteiger partial charge is 0.234 e. The van der Waals surface area contributed by atoms with Crippen LogP contribution in [0.15, 0.2) is 0 Å². The highest BCUT2D eigenvalue weighted by atomic mass is 16.2. The van der Waals surface area contributed by atoms with Crippen molar-refractivity contribution in [3.63, 3.8) is 0 Å². The average Bonchev–Trinajstić information content (AvgIpc) is 1.93. The van der Waals surface area contributed by atoms with Gasteiger partial charge in [0.1, 0.15) is 0 Å². The molecule has 12 heavy (non-hydrogen) atoms. The minimum absolute atomic E-state index is 0.194. The van der Waals surface area contributed by atoms with E-state index < -0.39 is 0 Å². The number of hydrogen-bond acceptors (Lipinski definition) is 2. The van der Waals surface area contributed by atoms with E-state index in [-0.39, 0.29) is 5.91 Å². The molecule has 1 saturated carbocycles. The maximum atomic E-state index is 11.1. The number of nitrogens with one attached hydrogen (secondary N) is 1. The number of carbonyl (C=O) groups excluding carboxylic acids is 1. The first kappa shape index (κ1) is 8.05. The standard InChI is InChI=1S/C9H16N2O/c1-7-5-10-9(12)6-11(7)8-3-2-4-8/h7-8H,2-6H2,1H3,(H,10,12)/t7-/m0/s1. The Balaban J connectivity index is 1.96. The fraction of sp³-hybridized carbons (Fsp3) is 0.889. The van der Waals surface area contributed by atoms with Crippen molar-refractivity contribution in [2.45, 2.75) is 38.3 Å². The van der Waals surface area contributed by atoms with Gasteiger partial charge in [0.2, 0.25) is 5.91 Å². The number of carbonyl (C=O) groups is 1. The molecular formula is C9H16N2O. The van der Waals surface area contributed by atoms with Gasteiger partial charge in [0.25, 0.3) is 0 Å². The Morgan fingerprint density at radius 2 is 2.25 bits per heavy atom. The van der Waals surface area contributed by atoms with Crippen molar-refractivity contribution in [2.24, 2.45) is 0 Å². The largest absolute Gasteiger partial charge is 0.353 e. The van der Waals surface area contributed by atoms with Gasteiger partial charge in [0, 0.05) is 18.6 Å². The molecule has 2 fully saturated rings. The minimum Gasteiger partial charge on any atom is -0.353 e. The summed E-state index contributed by atoms with van der Waals surface area (Å²) in [6, 6.07) is 1.24. The topological polar surface area (TPSA) is 32.3 Å². The Kier molecular flexibility index (Phi) is 2.05. The maximum absolute atomic E-state index is 11.1. The van der Waals surface area contributed by atoms with E-state index in [4.69, 9.17) is 0 Å². The third-order valence-electron chi connectivity index (χ3n) is 3.03. The van der Waals surface area contributed by atoms with E-state index in [2.05, 4.69) is 17.1 Å². The molecule has 0 aromatic rings. The first-order valence-corrected chi connectivity index (χ1v) is 4.80. The van der Waals surface area contributed by atoms with Crippen molar-refractivity contribution in [2.75, 3.05) is 13.1 Å². The van der Waals surface area contributed by atoms with Crippen LogP contribution >= 0.6 is 0 Å². The summed E-state index contributed by atoms with van der Waals surface area (Å²) in [5, 5.41) is 2.88. The van der Waals surface area contributed by atoms with Crippen LogP contribution in [0.3, 0.4) is 0 Å². The van der Waals surface area contributed by atoms with Crippen LogP contribution in [0.2, 0.25) is 0 Å². The van der Waals surface area contributed by atoms with Crippen LogP contribution in [0.1, 0.15) is 26.2 Å². The summed E-state index contributed by atoms with van der Waals surface area (Å²) in [5.41, 5.74) is 0. The highest BCUT2D eigenvalue weighted by Crippen LogP contribution is 2.26. The molecular weight excluding hydrogens is 152 g/mol. The SMILES string of the molecule is C[C@H]1CNC(=O)CN1C1CCC1. The second-order valence-electron chi connectivity index (χ2n) is 3.91. The molecule has 3 heteroatoms. The third-order valence-corrected chi connectivity index (χ3v) is 3.03. The van der Waals surface area contributed by atoms with Crippen molar-refractivity contribution in [1.82, 2.24) is 10.2 Å². The van der Waals surface area contributed by atoms with Gasteiger partial charge in [-0.1, -0.05) is 6.42 Å². The average molecular weight is 168 g/mol. The van der Waals surface area contributed by atoms with Gasteiger partial charge in [0.15, 0.2) is 0 Å². The molecule has 1 N–H and O–H groups in total. The summed E-state index contributed by atoms with van der Waals surface area (Å²) in [6.07, 6.45) is 3.92. The lowest BCUT2D eigenvalue weighted by Gasteiger charge is -2.43. The predicted molar refractivity (Wildman–Crippen MR) is 46.8 cm³/mol. The molecule has 2 rings (SSSR count). The van der Waals surface area contributed by atoms with Crippen LogP contribution in [-0.2, 0) is 4.79 Å². The molecule has 0 bridgehead atoms. The van der Waals surface area contributed by atoms with Crippen molar-refractivity contribution in [3.8, 4) is 0 Å². The molecule has 1 aliphatic carbocycles. The fourth-order valence-electron chi connectivity index (χ4n) is 1.96. The molecule has 1 heterocycles.